The molecule has 1 unspecified atom stereocenters. The Morgan fingerprint density at radius 1 is 1.53 bits per heavy atom. The number of carboxylic acids is 1. The summed E-state index contributed by atoms with van der Waals surface area (Å²) in [4.78, 5) is 11.4. The van der Waals surface area contributed by atoms with Crippen molar-refractivity contribution in [3.63, 3.8) is 0 Å². The summed E-state index contributed by atoms with van der Waals surface area (Å²) in [6.07, 6.45) is 0. The highest BCUT2D eigenvalue weighted by molar-refractivity contribution is 6.30. The molecule has 0 bridgehead atoms. The molecular weight excluding hydrogens is 238 g/mol. The minimum Gasteiger partial charge on any atom is -0.480 e. The van der Waals surface area contributed by atoms with Crippen molar-refractivity contribution in [1.29, 1.82) is 0 Å². The second-order valence-electron chi connectivity index (χ2n) is 4.72. The van der Waals surface area contributed by atoms with E-state index in [0.717, 1.165) is 0 Å². The lowest BCUT2D eigenvalue weighted by molar-refractivity contribution is -0.144. The molecule has 94 valence electrons. The molecule has 1 rings (SSSR count). The lowest BCUT2D eigenvalue weighted by atomic mass is 9.91. The molecule has 0 saturated heterocycles. The van der Waals surface area contributed by atoms with Gasteiger partial charge in [0.2, 0.25) is 0 Å². The van der Waals surface area contributed by atoms with Crippen LogP contribution in [0.15, 0.2) is 24.3 Å². The van der Waals surface area contributed by atoms with Crippen molar-refractivity contribution < 1.29 is 9.90 Å². The van der Waals surface area contributed by atoms with Crippen LogP contribution in [0.2, 0.25) is 5.02 Å². The molecule has 0 spiro atoms. The number of nitrogens with one attached hydrogen (secondary N) is 1. The van der Waals surface area contributed by atoms with Crippen LogP contribution < -0.4 is 5.32 Å². The fourth-order valence-corrected chi connectivity index (χ4v) is 1.70. The molecule has 17 heavy (non-hydrogen) atoms. The van der Waals surface area contributed by atoms with E-state index < -0.39 is 11.5 Å². The second kappa shape index (κ2) is 5.52. The number of aliphatic carboxylic acids is 1. The van der Waals surface area contributed by atoms with Gasteiger partial charge in [0.1, 0.15) is 5.54 Å². The molecule has 4 heteroatoms. The fourth-order valence-electron chi connectivity index (χ4n) is 1.51. The van der Waals surface area contributed by atoms with Crippen LogP contribution in [0, 0.1) is 5.92 Å². The van der Waals surface area contributed by atoms with Crippen molar-refractivity contribution in [3.05, 3.63) is 34.9 Å². The molecular formula is C13H18ClNO2. The van der Waals surface area contributed by atoms with Gasteiger partial charge in [-0.05, 0) is 37.1 Å². The van der Waals surface area contributed by atoms with Crippen LogP contribution in [0.25, 0.3) is 0 Å². The topological polar surface area (TPSA) is 49.3 Å². The van der Waals surface area contributed by atoms with Crippen LogP contribution in [0.4, 0.5) is 0 Å². The summed E-state index contributed by atoms with van der Waals surface area (Å²) in [5.41, 5.74) is -0.437. The number of carbonyl (C=O) groups is 1. The van der Waals surface area contributed by atoms with E-state index in [0.29, 0.717) is 23.0 Å². The van der Waals surface area contributed by atoms with Gasteiger partial charge in [-0.15, -0.1) is 0 Å². The number of rotatable bonds is 5. The van der Waals surface area contributed by atoms with Gasteiger partial charge >= 0.3 is 5.97 Å². The number of hydrogen-bond donors (Lipinski definition) is 2. The smallest absolute Gasteiger partial charge is 0.328 e. The maximum absolute atomic E-state index is 11.4. The average molecular weight is 256 g/mol. The fraction of sp³-hybridized carbons (Fsp3) is 0.462. The SMILES string of the molecule is CC(C)CNC(C)(C(=O)O)c1cccc(Cl)c1. The number of benzene rings is 1. The maximum Gasteiger partial charge on any atom is 0.328 e. The number of carboxylic acid groups (broad SMARTS) is 1. The van der Waals surface area contributed by atoms with Gasteiger partial charge in [-0.1, -0.05) is 37.6 Å². The molecule has 2 N–H and O–H groups in total. The quantitative estimate of drug-likeness (QED) is 0.851. The van der Waals surface area contributed by atoms with Gasteiger partial charge in [0, 0.05) is 5.02 Å². The van der Waals surface area contributed by atoms with Gasteiger partial charge in [-0.2, -0.15) is 0 Å². The first-order valence-electron chi connectivity index (χ1n) is 5.60. The Balaban J connectivity index is 3.03. The molecule has 1 aromatic carbocycles. The van der Waals surface area contributed by atoms with Crippen molar-refractivity contribution in [1.82, 2.24) is 5.32 Å². The van der Waals surface area contributed by atoms with Crippen molar-refractivity contribution in [2.45, 2.75) is 26.3 Å². The lowest BCUT2D eigenvalue weighted by Crippen LogP contribution is -2.48. The highest BCUT2D eigenvalue weighted by Gasteiger charge is 2.34. The molecule has 0 fully saturated rings. The van der Waals surface area contributed by atoms with E-state index in [9.17, 15) is 9.90 Å². The van der Waals surface area contributed by atoms with Crippen LogP contribution in [0.5, 0.6) is 0 Å². The third-order valence-corrected chi connectivity index (χ3v) is 2.93. The van der Waals surface area contributed by atoms with Crippen LogP contribution in [0.3, 0.4) is 0 Å². The number of halogens is 1. The Labute approximate surface area is 107 Å². The summed E-state index contributed by atoms with van der Waals surface area (Å²) in [6.45, 7) is 6.36. The summed E-state index contributed by atoms with van der Waals surface area (Å²) in [5, 5.41) is 13.0. The monoisotopic (exact) mass is 255 g/mol. The van der Waals surface area contributed by atoms with Crippen molar-refractivity contribution >= 4 is 17.6 Å². The van der Waals surface area contributed by atoms with Gasteiger partial charge in [-0.3, -0.25) is 5.32 Å². The average Bonchev–Trinajstić information content (AvgIpc) is 2.25. The van der Waals surface area contributed by atoms with E-state index in [2.05, 4.69) is 5.32 Å². The van der Waals surface area contributed by atoms with Gasteiger partial charge in [0.15, 0.2) is 0 Å². The Bertz CT molecular complexity index is 406. The predicted molar refractivity (Wildman–Crippen MR) is 69.3 cm³/mol. The van der Waals surface area contributed by atoms with Crippen LogP contribution in [-0.4, -0.2) is 17.6 Å². The van der Waals surface area contributed by atoms with E-state index >= 15 is 0 Å². The molecule has 0 aliphatic carbocycles. The summed E-state index contributed by atoms with van der Waals surface area (Å²) in [5.74, 6) is -0.520. The van der Waals surface area contributed by atoms with Gasteiger partial charge in [-0.25, -0.2) is 4.79 Å². The third kappa shape index (κ3) is 3.45. The van der Waals surface area contributed by atoms with Crippen molar-refractivity contribution in [2.24, 2.45) is 5.92 Å². The Morgan fingerprint density at radius 3 is 2.65 bits per heavy atom. The van der Waals surface area contributed by atoms with Crippen LogP contribution in [0.1, 0.15) is 26.3 Å². The van der Waals surface area contributed by atoms with Gasteiger partial charge in [0.05, 0.1) is 0 Å². The second-order valence-corrected chi connectivity index (χ2v) is 5.15. The van der Waals surface area contributed by atoms with Crippen molar-refractivity contribution in [3.8, 4) is 0 Å². The predicted octanol–water partition coefficient (Wildman–Crippen LogP) is 2.89. The summed E-state index contributed by atoms with van der Waals surface area (Å²) >= 11 is 5.90. The zero-order valence-electron chi connectivity index (χ0n) is 10.3. The molecule has 0 aliphatic rings. The largest absolute Gasteiger partial charge is 0.480 e. The molecule has 0 aliphatic heterocycles. The molecule has 0 heterocycles. The Hall–Kier alpha value is -1.06. The summed E-state index contributed by atoms with van der Waals surface area (Å²) in [6, 6.07) is 6.95. The highest BCUT2D eigenvalue weighted by atomic mass is 35.5. The minimum absolute atomic E-state index is 0.382. The van der Waals surface area contributed by atoms with Crippen molar-refractivity contribution in [2.75, 3.05) is 6.54 Å². The first-order valence-corrected chi connectivity index (χ1v) is 5.98. The third-order valence-electron chi connectivity index (χ3n) is 2.69. The first-order chi connectivity index (χ1) is 7.86. The van der Waals surface area contributed by atoms with Gasteiger partial charge < -0.3 is 5.11 Å². The minimum atomic E-state index is -1.10. The maximum atomic E-state index is 11.4. The molecule has 1 atom stereocenters. The zero-order chi connectivity index (χ0) is 13.1. The lowest BCUT2D eigenvalue weighted by Gasteiger charge is -2.28. The standard InChI is InChI=1S/C13H18ClNO2/c1-9(2)8-15-13(3,12(16)17)10-5-4-6-11(14)7-10/h4-7,9,15H,8H2,1-3H3,(H,16,17). The van der Waals surface area contributed by atoms with Crippen LogP contribution >= 0.6 is 11.6 Å². The van der Waals surface area contributed by atoms with E-state index in [-0.39, 0.29) is 0 Å². The zero-order valence-corrected chi connectivity index (χ0v) is 11.1. The highest BCUT2D eigenvalue weighted by Crippen LogP contribution is 2.24. The van der Waals surface area contributed by atoms with E-state index in [1.54, 1.807) is 31.2 Å². The summed E-state index contributed by atoms with van der Waals surface area (Å²) in [7, 11) is 0. The molecule has 0 saturated carbocycles. The normalized spacial score (nSPS) is 14.6. The van der Waals surface area contributed by atoms with Gasteiger partial charge in [0.25, 0.3) is 0 Å². The molecule has 1 aromatic rings. The summed E-state index contributed by atoms with van der Waals surface area (Å²) < 4.78 is 0. The first kappa shape index (κ1) is 14.0. The Kier molecular flexibility index (Phi) is 4.54. The van der Waals surface area contributed by atoms with E-state index in [1.165, 1.54) is 0 Å². The molecule has 0 amide bonds. The Morgan fingerprint density at radius 2 is 2.18 bits per heavy atom. The molecule has 3 nitrogen and oxygen atoms in total. The molecule has 0 aromatic heterocycles. The molecule has 0 radical (unpaired) electrons. The van der Waals surface area contributed by atoms with Crippen LogP contribution in [-0.2, 0) is 10.3 Å². The van der Waals surface area contributed by atoms with E-state index in [1.807, 2.05) is 13.8 Å². The number of hydrogen-bond acceptors (Lipinski definition) is 2. The van der Waals surface area contributed by atoms with E-state index in [4.69, 9.17) is 11.6 Å².